The van der Waals surface area contributed by atoms with Crippen LogP contribution < -0.4 is 0 Å². The molecule has 0 atom stereocenters. The molecule has 0 aliphatic heterocycles. The van der Waals surface area contributed by atoms with Gasteiger partial charge in [-0.3, -0.25) is 0 Å². The molecule has 218 valence electrons. The van der Waals surface area contributed by atoms with E-state index in [4.69, 9.17) is 0 Å². The van der Waals surface area contributed by atoms with Gasteiger partial charge in [-0.05, 0) is 310 Å². The van der Waals surface area contributed by atoms with Crippen molar-refractivity contribution in [2.45, 2.75) is 0 Å². The fourth-order valence-corrected chi connectivity index (χ4v) is 1410. The van der Waals surface area contributed by atoms with Crippen LogP contribution in [0.15, 0.2) is 0 Å². The van der Waals surface area contributed by atoms with Crippen molar-refractivity contribution in [1.82, 2.24) is 0 Å². The van der Waals surface area contributed by atoms with Gasteiger partial charge in [0.05, 0.1) is 0 Å². The third-order valence-corrected chi connectivity index (χ3v) is 685. The Labute approximate surface area is 305 Å². The van der Waals surface area contributed by atoms with E-state index in [1.165, 1.54) is 0 Å². The summed E-state index contributed by atoms with van der Waals surface area (Å²) in [4.78, 5) is 0. The van der Waals surface area contributed by atoms with E-state index in [0.717, 1.165) is 291 Å². The zero-order chi connectivity index (χ0) is 26.0. The highest BCUT2D eigenvalue weighted by molar-refractivity contribution is 7.78. The van der Waals surface area contributed by atoms with E-state index in [1.807, 2.05) is 0 Å². The molecule has 0 heterocycles. The molecule has 0 nitrogen and oxygen atoms in total. The minimum absolute atomic E-state index is 0.819. The molecule has 0 aromatic rings. The molecule has 0 aromatic heterocycles. The average Bonchev–Trinajstić information content (AvgIpc) is 2.89. The molecular formula is H74Si36. The lowest BCUT2D eigenvalue weighted by Crippen LogP contribution is -2.37. The Morgan fingerprint density at radius 1 is 0.139 bits per heavy atom. The molecule has 0 rings (SSSR count). The van der Waals surface area contributed by atoms with E-state index in [0.29, 0.717) is 0 Å². The summed E-state index contributed by atoms with van der Waals surface area (Å²) < 4.78 is 0. The summed E-state index contributed by atoms with van der Waals surface area (Å²) in [5.41, 5.74) is 0. The highest BCUT2D eigenvalue weighted by Crippen LogP contribution is 1.64. The van der Waals surface area contributed by atoms with Crippen LogP contribution in [0.5, 0.6) is 0 Å². The molecule has 36 heavy (non-hydrogen) atoms. The van der Waals surface area contributed by atoms with Crippen molar-refractivity contribution in [2.24, 2.45) is 0 Å². The van der Waals surface area contributed by atoms with Gasteiger partial charge in [0.15, 0.2) is 0 Å². The lowest BCUT2D eigenvalue weighted by Gasteiger charge is -2.00. The van der Waals surface area contributed by atoms with E-state index in [1.54, 1.807) is 19.5 Å². The first-order valence-electron chi connectivity index (χ1n) is 17.9. The van der Waals surface area contributed by atoms with Crippen LogP contribution in [-0.2, 0) is 0 Å². The van der Waals surface area contributed by atoms with Crippen molar-refractivity contribution < 1.29 is 0 Å². The lowest BCUT2D eigenvalue weighted by molar-refractivity contribution is 3.76. The van der Waals surface area contributed by atoms with Gasteiger partial charge in [0.2, 0.25) is 0 Å². The first-order chi connectivity index (χ1) is 17.9. The number of rotatable bonds is 33. The molecule has 36 heteroatoms. The van der Waals surface area contributed by atoms with Crippen molar-refractivity contribution >= 4 is 310 Å². The van der Waals surface area contributed by atoms with Crippen LogP contribution >= 0.6 is 0 Å². The van der Waals surface area contributed by atoms with Gasteiger partial charge >= 0.3 is 0 Å². The predicted octanol–water partition coefficient (Wildman–Crippen LogP) is -33.5. The molecule has 0 N–H and O–H groups in total. The standard InChI is InChI=1S/H74Si36/c1-3-5-7-9-11-13-15-17-19-21-23-25-27-29-31-33-35-36-34-32-30-28-26-24-22-20-18-16-14-12-10-8-6-4-2/h3-36H2,1-2H3. The average molecular weight is 1090 g/mol. The van der Waals surface area contributed by atoms with Crippen LogP contribution in [0.25, 0.3) is 0 Å². The van der Waals surface area contributed by atoms with Crippen molar-refractivity contribution in [1.29, 1.82) is 0 Å². The summed E-state index contributed by atoms with van der Waals surface area (Å²) >= 11 is 0. The van der Waals surface area contributed by atoms with Gasteiger partial charge in [-0.2, -0.15) is 0 Å². The molecule has 0 fully saturated rings. The van der Waals surface area contributed by atoms with Crippen LogP contribution in [0.1, 0.15) is 0 Å². The van der Waals surface area contributed by atoms with E-state index in [-0.39, 0.29) is 0 Å². The number of hydrogen-bond donors (Lipinski definition) is 0. The summed E-state index contributed by atoms with van der Waals surface area (Å²) in [6.07, 6.45) is 0. The smallest absolute Gasteiger partial charge is 0.00934 e. The minimum atomic E-state index is 0.819. The minimum Gasteiger partial charge on any atom is -0.0120 e. The van der Waals surface area contributed by atoms with E-state index in [2.05, 4.69) is 0 Å². The van der Waals surface area contributed by atoms with Gasteiger partial charge in [-0.15, -0.1) is 0 Å². The maximum atomic E-state index is 1.75. The maximum Gasteiger partial charge on any atom is -0.00934 e. The lowest BCUT2D eigenvalue weighted by atomic mass is 26.1. The molecule has 0 radical (unpaired) electrons. The molecule has 0 saturated carbocycles. The van der Waals surface area contributed by atoms with E-state index >= 15 is 0 Å². The van der Waals surface area contributed by atoms with Gasteiger partial charge in [0.1, 0.15) is 0 Å². The van der Waals surface area contributed by atoms with Crippen LogP contribution in [0.2, 0.25) is 0 Å². The van der Waals surface area contributed by atoms with Crippen LogP contribution in [0.3, 0.4) is 0 Å². The Morgan fingerprint density at radius 2 is 0.222 bits per heavy atom. The monoisotopic (exact) mass is 1080 g/mol. The second-order valence-electron chi connectivity index (χ2n) is 12.3. The van der Waals surface area contributed by atoms with Gasteiger partial charge in [-0.25, -0.2) is 0 Å². The molecule has 0 amide bonds. The Hall–Kier alpha value is 7.81. The summed E-state index contributed by atoms with van der Waals surface area (Å²) in [6.45, 7) is 0. The third-order valence-electron chi connectivity index (χ3n) is 8.46. The molecule has 0 saturated heterocycles. The van der Waals surface area contributed by atoms with Gasteiger partial charge in [0.25, 0.3) is 0 Å². The fraction of sp³-hybridized carbons (Fsp3) is 0. The highest BCUT2D eigenvalue weighted by Gasteiger charge is 2.01. The molecule has 0 aromatic carbocycles. The van der Waals surface area contributed by atoms with Gasteiger partial charge < -0.3 is 0 Å². The first kappa shape index (κ1) is 43.8. The van der Waals surface area contributed by atoms with E-state index in [9.17, 15) is 0 Å². The third kappa shape index (κ3) is 41.8. The zero-order valence-corrected chi connectivity index (χ0v) is 78.1. The summed E-state index contributed by atoms with van der Waals surface area (Å²) in [6, 6.07) is 0. The van der Waals surface area contributed by atoms with Crippen LogP contribution in [-0.4, -0.2) is 310 Å². The number of hydrogen-bond acceptors (Lipinski definition) is 0. The van der Waals surface area contributed by atoms with Crippen LogP contribution in [0.4, 0.5) is 0 Å². The molecule has 0 spiro atoms. The van der Waals surface area contributed by atoms with E-state index < -0.39 is 0 Å². The van der Waals surface area contributed by atoms with Crippen LogP contribution in [0, 0.1) is 0 Å². The maximum absolute atomic E-state index is 1.75. The Bertz CT molecular complexity index is 312. The largest absolute Gasteiger partial charge is 0.0120 e. The molecule has 0 aliphatic carbocycles. The Balaban J connectivity index is 3.00. The highest BCUT2D eigenvalue weighted by atomic mass is 30.1. The summed E-state index contributed by atoms with van der Waals surface area (Å²) in [7, 11) is 35.0. The predicted molar refractivity (Wildman–Crippen MR) is 310 cm³/mol. The fourth-order valence-electron chi connectivity index (χ4n) is 5.80. The van der Waals surface area contributed by atoms with Crippen molar-refractivity contribution in [3.05, 3.63) is 0 Å². The Kier molecular flexibility index (Phi) is 52.1. The normalized spacial score (nSPS) is 23.0. The Morgan fingerprint density at radius 3 is 0.306 bits per heavy atom. The second kappa shape index (κ2) is 42.8. The van der Waals surface area contributed by atoms with Gasteiger partial charge in [-0.1, -0.05) is 0 Å². The summed E-state index contributed by atoms with van der Waals surface area (Å²) in [5.74, 6) is 0. The topological polar surface area (TPSA) is 0 Å². The van der Waals surface area contributed by atoms with Crippen molar-refractivity contribution in [2.75, 3.05) is 0 Å². The first-order valence-corrected chi connectivity index (χ1v) is 161. The van der Waals surface area contributed by atoms with Gasteiger partial charge in [0, 0.05) is 0 Å². The molecular weight excluding hydrogens is 1010 g/mol. The quantitative estimate of drug-likeness (QED) is 0.0454. The molecule has 0 unspecified atom stereocenters. The zero-order valence-electron chi connectivity index (χ0n) is 26.0. The molecule has 0 aliphatic rings. The second-order valence-corrected chi connectivity index (χ2v) is 332. The SMILES string of the molecule is [SiH3][SiH2][SiH2][SiH2][SiH2][SiH2][SiH2][SiH2][SiH2][SiH2][SiH2][SiH2][SiH2][SiH2][SiH2][SiH2][SiH2][SiH2][SiH2][SiH2][SiH2][SiH2][SiH2][SiH2][SiH2][SiH2][SiH2][SiH2][SiH2][SiH2][SiH2][SiH2][SiH2][SiH2][SiH2][SiH3]. The van der Waals surface area contributed by atoms with Crippen molar-refractivity contribution in [3.63, 3.8) is 0 Å². The molecule has 0 bridgehead atoms. The van der Waals surface area contributed by atoms with Crippen molar-refractivity contribution in [3.8, 4) is 0 Å². The summed E-state index contributed by atoms with van der Waals surface area (Å²) in [5, 5.41) is 0.